The molecule has 0 saturated heterocycles. The van der Waals surface area contributed by atoms with E-state index in [1.165, 1.54) is 6.21 Å². The monoisotopic (exact) mass is 373 g/mol. The molecule has 0 radical (unpaired) electrons. The Kier molecular flexibility index (Phi) is 7.04. The van der Waals surface area contributed by atoms with Crippen LogP contribution in [-0.4, -0.2) is 18.3 Å². The first-order valence-electron chi connectivity index (χ1n) is 8.52. The van der Waals surface area contributed by atoms with Crippen molar-refractivity contribution in [2.45, 2.75) is 40.2 Å². The highest BCUT2D eigenvalue weighted by Gasteiger charge is 2.06. The van der Waals surface area contributed by atoms with Crippen LogP contribution in [0.3, 0.4) is 0 Å². The molecule has 26 heavy (non-hydrogen) atoms. The number of nitrogens with one attached hydrogen (secondary N) is 2. The van der Waals surface area contributed by atoms with Gasteiger partial charge in [-0.1, -0.05) is 24.6 Å². The van der Waals surface area contributed by atoms with Gasteiger partial charge in [-0.2, -0.15) is 5.10 Å². The summed E-state index contributed by atoms with van der Waals surface area (Å²) in [5, 5.41) is 7.20. The summed E-state index contributed by atoms with van der Waals surface area (Å²) in [6.45, 7) is 8.00. The standard InChI is InChI=1S/C20H24ClN3O2/c1-5-15(4)26-19-7-6-16(11-18(19)21)12-22-24-20(25)23-17-9-13(2)8-14(3)10-17/h6-12,15H,5H2,1-4H3,(H2,23,24,25)/b22-12+/t15-/m0/s1. The summed E-state index contributed by atoms with van der Waals surface area (Å²) in [5.74, 6) is 0.638. The van der Waals surface area contributed by atoms with Crippen molar-refractivity contribution in [2.24, 2.45) is 5.10 Å². The van der Waals surface area contributed by atoms with Crippen molar-refractivity contribution in [1.82, 2.24) is 5.43 Å². The van der Waals surface area contributed by atoms with Gasteiger partial charge >= 0.3 is 6.03 Å². The molecular weight excluding hydrogens is 350 g/mol. The van der Waals surface area contributed by atoms with E-state index < -0.39 is 6.03 Å². The number of hydrogen-bond donors (Lipinski definition) is 2. The fourth-order valence-corrected chi connectivity index (χ4v) is 2.60. The van der Waals surface area contributed by atoms with Gasteiger partial charge in [0.15, 0.2) is 0 Å². The van der Waals surface area contributed by atoms with E-state index in [4.69, 9.17) is 16.3 Å². The first kappa shape index (κ1) is 19.8. The van der Waals surface area contributed by atoms with Gasteiger partial charge in [0.05, 0.1) is 17.3 Å². The van der Waals surface area contributed by atoms with Crippen molar-refractivity contribution in [3.63, 3.8) is 0 Å². The number of aryl methyl sites for hydroxylation is 2. The van der Waals surface area contributed by atoms with Crippen molar-refractivity contribution >= 4 is 29.5 Å². The molecule has 1 atom stereocenters. The van der Waals surface area contributed by atoms with Crippen molar-refractivity contribution in [1.29, 1.82) is 0 Å². The largest absolute Gasteiger partial charge is 0.489 e. The van der Waals surface area contributed by atoms with Crippen LogP contribution in [0.1, 0.15) is 37.0 Å². The molecule has 2 aromatic rings. The molecule has 2 N–H and O–H groups in total. The number of hydrogen-bond acceptors (Lipinski definition) is 3. The third-order valence-electron chi connectivity index (χ3n) is 3.72. The average molecular weight is 374 g/mol. The van der Waals surface area contributed by atoms with Crippen molar-refractivity contribution < 1.29 is 9.53 Å². The summed E-state index contributed by atoms with van der Waals surface area (Å²) in [4.78, 5) is 11.9. The number of hydrazone groups is 1. The van der Waals surface area contributed by atoms with Crippen LogP contribution in [0.25, 0.3) is 0 Å². The Labute approximate surface area is 159 Å². The molecule has 0 spiro atoms. The van der Waals surface area contributed by atoms with E-state index in [9.17, 15) is 4.79 Å². The molecule has 0 heterocycles. The maximum absolute atomic E-state index is 11.9. The Bertz CT molecular complexity index is 785. The highest BCUT2D eigenvalue weighted by Crippen LogP contribution is 2.26. The summed E-state index contributed by atoms with van der Waals surface area (Å²) in [6, 6.07) is 10.8. The molecule has 0 fully saturated rings. The van der Waals surface area contributed by atoms with Gasteiger partial charge < -0.3 is 10.1 Å². The lowest BCUT2D eigenvalue weighted by Gasteiger charge is -2.13. The smallest absolute Gasteiger partial charge is 0.339 e. The maximum Gasteiger partial charge on any atom is 0.339 e. The Balaban J connectivity index is 1.93. The van der Waals surface area contributed by atoms with Gasteiger partial charge in [-0.25, -0.2) is 10.2 Å². The van der Waals surface area contributed by atoms with Crippen molar-refractivity contribution in [3.05, 3.63) is 58.1 Å². The SMILES string of the molecule is CC[C@H](C)Oc1ccc(/C=N/NC(=O)Nc2cc(C)cc(C)c2)cc1Cl. The molecule has 2 rings (SSSR count). The summed E-state index contributed by atoms with van der Waals surface area (Å²) in [6.07, 6.45) is 2.53. The Hall–Kier alpha value is -2.53. The number of halogens is 1. The summed E-state index contributed by atoms with van der Waals surface area (Å²) in [7, 11) is 0. The molecule has 0 aliphatic heterocycles. The first-order chi connectivity index (χ1) is 12.4. The lowest BCUT2D eigenvalue weighted by Crippen LogP contribution is -2.24. The minimum atomic E-state index is -0.408. The number of nitrogens with zero attached hydrogens (tertiary/aromatic N) is 1. The van der Waals surface area contributed by atoms with Gasteiger partial charge in [-0.05, 0) is 74.2 Å². The topological polar surface area (TPSA) is 62.7 Å². The Morgan fingerprint density at radius 3 is 2.54 bits per heavy atom. The first-order valence-corrected chi connectivity index (χ1v) is 8.89. The quantitative estimate of drug-likeness (QED) is 0.533. The summed E-state index contributed by atoms with van der Waals surface area (Å²) in [5.41, 5.74) is 6.09. The number of anilines is 1. The average Bonchev–Trinajstić information content (AvgIpc) is 2.56. The normalized spacial score (nSPS) is 12.0. The second-order valence-electron chi connectivity index (χ2n) is 6.23. The summed E-state index contributed by atoms with van der Waals surface area (Å²) < 4.78 is 5.72. The van der Waals surface area contributed by atoms with E-state index in [0.717, 1.165) is 28.8 Å². The van der Waals surface area contributed by atoms with Gasteiger partial charge in [0.25, 0.3) is 0 Å². The van der Waals surface area contributed by atoms with Crippen LogP contribution < -0.4 is 15.5 Å². The fourth-order valence-electron chi connectivity index (χ4n) is 2.36. The van der Waals surface area contributed by atoms with Crippen LogP contribution in [0.2, 0.25) is 5.02 Å². The number of carbonyl (C=O) groups excluding carboxylic acids is 1. The molecule has 0 aromatic heterocycles. The highest BCUT2D eigenvalue weighted by atomic mass is 35.5. The van der Waals surface area contributed by atoms with Crippen LogP contribution in [0.4, 0.5) is 10.5 Å². The van der Waals surface area contributed by atoms with Crippen LogP contribution in [0, 0.1) is 13.8 Å². The van der Waals surface area contributed by atoms with Crippen LogP contribution >= 0.6 is 11.6 Å². The summed E-state index contributed by atoms with van der Waals surface area (Å²) >= 11 is 6.22. The third kappa shape index (κ3) is 6.08. The molecular formula is C20H24ClN3O2. The number of amides is 2. The van der Waals surface area contributed by atoms with Gasteiger partial charge in [-0.15, -0.1) is 0 Å². The fraction of sp³-hybridized carbons (Fsp3) is 0.300. The number of ether oxygens (including phenoxy) is 1. The molecule has 2 aromatic carbocycles. The third-order valence-corrected chi connectivity index (χ3v) is 4.01. The minimum Gasteiger partial charge on any atom is -0.489 e. The number of urea groups is 1. The molecule has 0 bridgehead atoms. The van der Waals surface area contributed by atoms with E-state index in [1.807, 2.05) is 52.0 Å². The Morgan fingerprint density at radius 1 is 1.23 bits per heavy atom. The molecule has 138 valence electrons. The predicted octanol–water partition coefficient (Wildman–Crippen LogP) is 5.29. The van der Waals surface area contributed by atoms with Crippen molar-refractivity contribution in [2.75, 3.05) is 5.32 Å². The molecule has 5 nitrogen and oxygen atoms in total. The zero-order valence-corrected chi connectivity index (χ0v) is 16.2. The molecule has 0 aliphatic rings. The van der Waals surface area contributed by atoms with Gasteiger partial charge in [-0.3, -0.25) is 0 Å². The van der Waals surface area contributed by atoms with Crippen LogP contribution in [0.15, 0.2) is 41.5 Å². The van der Waals surface area contributed by atoms with Crippen LogP contribution in [0.5, 0.6) is 5.75 Å². The predicted molar refractivity (Wildman–Crippen MR) is 107 cm³/mol. The van der Waals surface area contributed by atoms with E-state index in [0.29, 0.717) is 10.8 Å². The van der Waals surface area contributed by atoms with Gasteiger partial charge in [0.1, 0.15) is 5.75 Å². The lowest BCUT2D eigenvalue weighted by molar-refractivity contribution is 0.217. The Morgan fingerprint density at radius 2 is 1.92 bits per heavy atom. The second-order valence-corrected chi connectivity index (χ2v) is 6.63. The molecule has 0 unspecified atom stereocenters. The number of benzene rings is 2. The van der Waals surface area contributed by atoms with E-state index >= 15 is 0 Å². The molecule has 6 heteroatoms. The van der Waals surface area contributed by atoms with E-state index in [-0.39, 0.29) is 6.10 Å². The minimum absolute atomic E-state index is 0.0997. The molecule has 2 amide bonds. The molecule has 0 aliphatic carbocycles. The van der Waals surface area contributed by atoms with Crippen LogP contribution in [-0.2, 0) is 0 Å². The zero-order chi connectivity index (χ0) is 19.1. The molecule has 0 saturated carbocycles. The number of carbonyl (C=O) groups is 1. The highest BCUT2D eigenvalue weighted by molar-refractivity contribution is 6.32. The van der Waals surface area contributed by atoms with Crippen molar-refractivity contribution in [3.8, 4) is 5.75 Å². The zero-order valence-electron chi connectivity index (χ0n) is 15.5. The maximum atomic E-state index is 11.9. The lowest BCUT2D eigenvalue weighted by atomic mass is 10.1. The van der Waals surface area contributed by atoms with Gasteiger partial charge in [0, 0.05) is 5.69 Å². The van der Waals surface area contributed by atoms with E-state index in [2.05, 4.69) is 15.8 Å². The second kappa shape index (κ2) is 9.25. The van der Waals surface area contributed by atoms with Gasteiger partial charge in [0.2, 0.25) is 0 Å². The number of rotatable bonds is 6. The van der Waals surface area contributed by atoms with E-state index in [1.54, 1.807) is 12.1 Å².